The average molecular weight is 854 g/mol. The molecule has 4 heterocycles. The number of alkyl halides is 6. The second kappa shape index (κ2) is 13.3. The van der Waals surface area contributed by atoms with Crippen molar-refractivity contribution in [2.45, 2.75) is 43.3 Å². The molecule has 2 amide bonds. The van der Waals surface area contributed by atoms with Crippen LogP contribution in [0, 0.1) is 11.3 Å². The Morgan fingerprint density at radius 1 is 1.06 bits per heavy atom. The molecule has 2 aromatic heterocycles. The third-order valence-corrected chi connectivity index (χ3v) is 10.8. The van der Waals surface area contributed by atoms with Crippen molar-refractivity contribution in [1.29, 1.82) is 5.26 Å². The Hall–Kier alpha value is -4.87. The maximum absolute atomic E-state index is 14.2. The number of halogens is 8. The first-order chi connectivity index (χ1) is 24.6. The van der Waals surface area contributed by atoms with Gasteiger partial charge in [0.2, 0.25) is 0 Å². The largest absolute Gasteiger partial charge is 0.435 e. The van der Waals surface area contributed by atoms with Gasteiger partial charge in [-0.3, -0.25) is 9.59 Å². The highest BCUT2D eigenvalue weighted by atomic mass is 127. The molecule has 7 rings (SSSR count). The highest BCUT2D eigenvalue weighted by Crippen LogP contribution is 2.47. The van der Waals surface area contributed by atoms with Crippen LogP contribution in [-0.2, 0) is 18.3 Å². The number of anilines is 1. The van der Waals surface area contributed by atoms with Crippen molar-refractivity contribution < 1.29 is 35.9 Å². The number of nitriles is 1. The second-order valence-corrected chi connectivity index (χ2v) is 14.8. The molecular weight excluding hydrogens is 831 g/mol. The molecule has 0 radical (unpaired) electrons. The smallest absolute Gasteiger partial charge is 0.342 e. The maximum atomic E-state index is 14.2. The van der Waals surface area contributed by atoms with E-state index in [1.54, 1.807) is 6.07 Å². The zero-order valence-electron chi connectivity index (χ0n) is 26.3. The quantitative estimate of drug-likeness (QED) is 0.0749. The van der Waals surface area contributed by atoms with Crippen LogP contribution in [0.1, 0.15) is 67.7 Å². The summed E-state index contributed by atoms with van der Waals surface area (Å²) in [5.74, 6) is -1.50. The Bertz CT molecular complexity index is 2220. The maximum Gasteiger partial charge on any atom is 0.435 e. The van der Waals surface area contributed by atoms with Gasteiger partial charge in [0, 0.05) is 43.8 Å². The molecule has 1 saturated heterocycles. The monoisotopic (exact) mass is 853 g/mol. The number of hydrogen-bond acceptors (Lipinski definition) is 8. The normalized spacial score (nSPS) is 17.5. The lowest BCUT2D eigenvalue weighted by atomic mass is 9.97. The minimum absolute atomic E-state index is 0.0391. The van der Waals surface area contributed by atoms with Gasteiger partial charge >= 0.3 is 12.4 Å². The summed E-state index contributed by atoms with van der Waals surface area (Å²) in [7, 11) is 0. The molecule has 19 heteroatoms. The molecule has 0 spiro atoms. The predicted molar refractivity (Wildman–Crippen MR) is 185 cm³/mol. The topological polar surface area (TPSA) is 150 Å². The first-order valence-corrected chi connectivity index (χ1v) is 18.0. The van der Waals surface area contributed by atoms with Crippen molar-refractivity contribution in [3.63, 3.8) is 0 Å². The van der Waals surface area contributed by atoms with E-state index in [1.165, 1.54) is 45.8 Å². The molecule has 4 aromatic rings. The van der Waals surface area contributed by atoms with Gasteiger partial charge < -0.3 is 16.0 Å². The zero-order chi connectivity index (χ0) is 37.0. The van der Waals surface area contributed by atoms with Crippen LogP contribution in [0.25, 0.3) is 5.82 Å². The predicted octanol–water partition coefficient (Wildman–Crippen LogP) is 6.55. The summed E-state index contributed by atoms with van der Waals surface area (Å²) in [6.07, 6.45) is -7.10. The van der Waals surface area contributed by atoms with Gasteiger partial charge in [-0.1, -0.05) is 23.7 Å². The Kier molecular flexibility index (Phi) is 9.07. The molecule has 3 aliphatic rings. The molecule has 1 atom stereocenters. The van der Waals surface area contributed by atoms with Crippen LogP contribution in [-0.4, -0.2) is 52.2 Å². The molecule has 0 bridgehead atoms. The van der Waals surface area contributed by atoms with Gasteiger partial charge in [0.1, 0.15) is 5.69 Å². The number of hydrazone groups is 1. The summed E-state index contributed by atoms with van der Waals surface area (Å²) in [5, 5.41) is 26.7. The fourth-order valence-corrected chi connectivity index (χ4v) is 7.78. The van der Waals surface area contributed by atoms with E-state index in [4.69, 9.17) is 11.6 Å². The van der Waals surface area contributed by atoms with Gasteiger partial charge in [0.05, 0.1) is 51.2 Å². The lowest BCUT2D eigenvalue weighted by Crippen LogP contribution is -2.36. The number of pyridine rings is 1. The fourth-order valence-electron chi connectivity index (χ4n) is 5.62. The summed E-state index contributed by atoms with van der Waals surface area (Å²) in [6, 6.07) is 13.5. The van der Waals surface area contributed by atoms with Gasteiger partial charge in [-0.2, -0.15) is 41.8 Å². The van der Waals surface area contributed by atoms with Gasteiger partial charge in [-0.15, -0.1) is 0 Å². The molecule has 1 saturated carbocycles. The lowest BCUT2D eigenvalue weighted by molar-refractivity contribution is -0.137. The van der Waals surface area contributed by atoms with Crippen molar-refractivity contribution in [2.75, 3.05) is 11.9 Å². The van der Waals surface area contributed by atoms with Crippen molar-refractivity contribution in [1.82, 2.24) is 28.6 Å². The molecule has 1 aliphatic carbocycles. The molecule has 2 aliphatic heterocycles. The number of aromatic nitrogens is 3. The van der Waals surface area contributed by atoms with E-state index in [-0.39, 0.29) is 57.2 Å². The fraction of sp³-hybridized carbons (Fsp3) is 0.242. The number of hydrogen-bond donors (Lipinski definition) is 3. The molecule has 3 N–H and O–H groups in total. The van der Waals surface area contributed by atoms with E-state index in [9.17, 15) is 41.2 Å². The molecule has 11 nitrogen and oxygen atoms in total. The molecule has 52 heavy (non-hydrogen) atoms. The standard InChI is InChI=1S/C33H23ClF6IN9O2/c34-23-5-2-8-43-28(23)50-25(12-20(47-50)16-49-41-13-26(48-49)33(38,39)40)30(52)45-27-21(24-15-44-24)9-17(14-42)10-22(27)29(51)46-31(6-7-31)18-3-1-4-19(11-18)32(35,36)37/h1-5,8-13,24,44H,6-7,15-16H2,(H,45,52)(H,46,51). The summed E-state index contributed by atoms with van der Waals surface area (Å²) >= 11 is 5.14. The van der Waals surface area contributed by atoms with Crippen LogP contribution in [0.3, 0.4) is 0 Å². The van der Waals surface area contributed by atoms with E-state index in [0.717, 1.165) is 20.8 Å². The highest BCUT2D eigenvalue weighted by Gasteiger charge is 2.47. The highest BCUT2D eigenvalue weighted by molar-refractivity contribution is 14.2. The number of benzene rings is 2. The van der Waals surface area contributed by atoms with Crippen LogP contribution >= 0.6 is 32.6 Å². The minimum atomic E-state index is -4.62. The summed E-state index contributed by atoms with van der Waals surface area (Å²) in [5.41, 5.74) is -2.24. The number of nitrogens with zero attached hydrogens (tertiary/aromatic N) is 6. The molecule has 2 fully saturated rings. The molecular formula is C33H23ClF6IN9O2. The Labute approximate surface area is 305 Å². The Morgan fingerprint density at radius 3 is 2.46 bits per heavy atom. The van der Waals surface area contributed by atoms with Gasteiger partial charge in [-0.05, 0) is 66.4 Å². The van der Waals surface area contributed by atoms with Crippen molar-refractivity contribution >= 4 is 59.8 Å². The molecule has 1 unspecified atom stereocenters. The number of carbonyl (C=O) groups excluding carboxylic acids is 2. The van der Waals surface area contributed by atoms with Crippen LogP contribution in [0.4, 0.5) is 32.0 Å². The second-order valence-electron chi connectivity index (χ2n) is 12.1. The third-order valence-electron chi connectivity index (χ3n) is 8.41. The van der Waals surface area contributed by atoms with Gasteiger partial charge in [-0.25, -0.2) is 12.9 Å². The molecule has 2 aromatic carbocycles. The van der Waals surface area contributed by atoms with Crippen molar-refractivity contribution in [2.24, 2.45) is 5.10 Å². The Morgan fingerprint density at radius 2 is 1.83 bits per heavy atom. The number of carbonyl (C=O) groups is 2. The van der Waals surface area contributed by atoms with E-state index in [0.29, 0.717) is 24.9 Å². The lowest BCUT2D eigenvalue weighted by Gasteiger charge is -2.22. The SMILES string of the molecule is N#Cc1cc(C(=O)NC2(c3cccc(C(F)(F)F)c3)CC2)c(NC(=O)c2cc(CN3N=C(C(F)(F)F)C=I3)nn2-c2ncccc2Cl)c(C2CN2)c1. The van der Waals surface area contributed by atoms with Gasteiger partial charge in [0.25, 0.3) is 11.8 Å². The van der Waals surface area contributed by atoms with Crippen molar-refractivity contribution in [3.8, 4) is 11.9 Å². The van der Waals surface area contributed by atoms with Crippen LogP contribution in [0.2, 0.25) is 5.02 Å². The average Bonchev–Trinajstić information content (AvgIpc) is 4.01. The number of rotatable bonds is 9. The first kappa shape index (κ1) is 35.5. The van der Waals surface area contributed by atoms with E-state index in [1.807, 2.05) is 6.07 Å². The van der Waals surface area contributed by atoms with Gasteiger partial charge in [0.15, 0.2) is 11.5 Å². The third kappa shape index (κ3) is 7.25. The molecule has 268 valence electrons. The summed E-state index contributed by atoms with van der Waals surface area (Å²) in [4.78, 5) is 32.4. The summed E-state index contributed by atoms with van der Waals surface area (Å²) in [6.45, 7) is 0.301. The van der Waals surface area contributed by atoms with Crippen LogP contribution in [0.5, 0.6) is 0 Å². The zero-order valence-corrected chi connectivity index (χ0v) is 29.2. The number of amides is 2. The first-order valence-electron chi connectivity index (χ1n) is 15.4. The van der Waals surface area contributed by atoms with E-state index in [2.05, 4.69) is 31.1 Å². The minimum Gasteiger partial charge on any atom is -0.342 e. The van der Waals surface area contributed by atoms with E-state index >= 15 is 0 Å². The van der Waals surface area contributed by atoms with Crippen LogP contribution < -0.4 is 16.0 Å². The van der Waals surface area contributed by atoms with Crippen LogP contribution in [0.15, 0.2) is 65.9 Å². The summed E-state index contributed by atoms with van der Waals surface area (Å²) < 4.78 is 83.6. The van der Waals surface area contributed by atoms with E-state index < -0.39 is 62.0 Å². The Balaban J connectivity index is 1.24. The van der Waals surface area contributed by atoms with Crippen molar-refractivity contribution in [3.05, 3.63) is 105 Å². The number of nitrogens with one attached hydrogen (secondary N) is 3.